The van der Waals surface area contributed by atoms with E-state index < -0.39 is 0 Å². The average molecular weight is 466 g/mol. The van der Waals surface area contributed by atoms with Gasteiger partial charge in [-0.1, -0.05) is 37.8 Å². The van der Waals surface area contributed by atoms with E-state index in [9.17, 15) is 9.18 Å². The van der Waals surface area contributed by atoms with Crippen molar-refractivity contribution in [3.05, 3.63) is 101 Å². The van der Waals surface area contributed by atoms with Crippen molar-refractivity contribution >= 4 is 17.2 Å². The van der Waals surface area contributed by atoms with Gasteiger partial charge in [-0.3, -0.25) is 9.79 Å². The predicted molar refractivity (Wildman–Crippen MR) is 137 cm³/mol. The zero-order valence-corrected chi connectivity index (χ0v) is 20.6. The first-order chi connectivity index (χ1) is 16.2. The Kier molecular flexibility index (Phi) is 9.92. The van der Waals surface area contributed by atoms with Crippen LogP contribution in [0.3, 0.4) is 0 Å². The minimum Gasteiger partial charge on any atom is -0.383 e. The van der Waals surface area contributed by atoms with Crippen molar-refractivity contribution in [1.29, 1.82) is 0 Å². The molecule has 4 nitrogen and oxygen atoms in total. The summed E-state index contributed by atoms with van der Waals surface area (Å²) in [4.78, 5) is 16.6. The van der Waals surface area contributed by atoms with Crippen LogP contribution in [0.5, 0.6) is 0 Å². The molecule has 1 aliphatic rings. The van der Waals surface area contributed by atoms with Crippen molar-refractivity contribution in [3.63, 3.8) is 0 Å². The Morgan fingerprint density at radius 3 is 2.32 bits per heavy atom. The molecular formula is C28H33F2N3O. The van der Waals surface area contributed by atoms with E-state index in [2.05, 4.69) is 11.9 Å². The SMILES string of the molecule is C=C/C=C1/CN=C(c2ccc(F)cc2)c2c(ccc(CC)c2F)/C1=C/N(C)C.CCNC(C)=O. The van der Waals surface area contributed by atoms with E-state index >= 15 is 4.39 Å². The number of carbonyl (C=O) groups excluding carboxylic acids is 1. The summed E-state index contributed by atoms with van der Waals surface area (Å²) < 4.78 is 29.0. The molecule has 1 heterocycles. The van der Waals surface area contributed by atoms with Gasteiger partial charge >= 0.3 is 0 Å². The van der Waals surface area contributed by atoms with Gasteiger partial charge in [0, 0.05) is 50.5 Å². The third kappa shape index (κ3) is 6.73. The van der Waals surface area contributed by atoms with E-state index in [-0.39, 0.29) is 17.5 Å². The molecule has 0 atom stereocenters. The molecule has 0 radical (unpaired) electrons. The van der Waals surface area contributed by atoms with Crippen LogP contribution in [0, 0.1) is 11.6 Å². The highest BCUT2D eigenvalue weighted by atomic mass is 19.1. The summed E-state index contributed by atoms with van der Waals surface area (Å²) in [5.41, 5.74) is 4.96. The lowest BCUT2D eigenvalue weighted by atomic mass is 9.89. The molecule has 180 valence electrons. The molecule has 0 saturated carbocycles. The van der Waals surface area contributed by atoms with Crippen molar-refractivity contribution in [3.8, 4) is 0 Å². The van der Waals surface area contributed by atoms with Crippen LogP contribution in [0.4, 0.5) is 8.78 Å². The maximum absolute atomic E-state index is 15.5. The summed E-state index contributed by atoms with van der Waals surface area (Å²) in [6.07, 6.45) is 6.18. The molecular weight excluding hydrogens is 432 g/mol. The number of aryl methyl sites for hydroxylation is 1. The number of aliphatic imine (C=N–C) groups is 1. The standard InChI is InChI=1S/C24H24F2N2.C4H9NO/c1-5-7-18-14-27-24(17-8-11-19(25)12-9-17)22-20(21(18)15-28(3)4)13-10-16(6-2)23(22)26;1-3-5-4(2)6/h5,7-13,15H,1,6,14H2,2-4H3;3H2,1-2H3,(H,5,6)/b18-7-,21-15+;. The summed E-state index contributed by atoms with van der Waals surface area (Å²) in [5, 5.41) is 2.57. The number of hydrogen-bond acceptors (Lipinski definition) is 3. The summed E-state index contributed by atoms with van der Waals surface area (Å²) in [6.45, 7) is 10.2. The molecule has 0 aromatic heterocycles. The normalized spacial score (nSPS) is 15.0. The van der Waals surface area contributed by atoms with Gasteiger partial charge in [-0.2, -0.15) is 0 Å². The van der Waals surface area contributed by atoms with Crippen molar-refractivity contribution in [2.75, 3.05) is 27.2 Å². The van der Waals surface area contributed by atoms with Gasteiger partial charge in [-0.05, 0) is 54.3 Å². The quantitative estimate of drug-likeness (QED) is 0.631. The van der Waals surface area contributed by atoms with Crippen LogP contribution in [-0.2, 0) is 11.2 Å². The molecule has 2 aromatic rings. The smallest absolute Gasteiger partial charge is 0.216 e. The second-order valence-electron chi connectivity index (χ2n) is 8.01. The number of hydrogen-bond donors (Lipinski definition) is 1. The molecule has 1 aliphatic heterocycles. The number of halogens is 2. The lowest BCUT2D eigenvalue weighted by molar-refractivity contribution is -0.118. The number of carbonyl (C=O) groups is 1. The van der Waals surface area contributed by atoms with Gasteiger partial charge in [0.05, 0.1) is 12.3 Å². The Morgan fingerprint density at radius 2 is 1.82 bits per heavy atom. The Morgan fingerprint density at radius 1 is 1.15 bits per heavy atom. The van der Waals surface area contributed by atoms with Crippen LogP contribution >= 0.6 is 0 Å². The molecule has 2 aromatic carbocycles. The molecule has 3 rings (SSSR count). The zero-order chi connectivity index (χ0) is 25.3. The van der Waals surface area contributed by atoms with Crippen LogP contribution in [0.15, 0.2) is 71.9 Å². The lowest BCUT2D eigenvalue weighted by Crippen LogP contribution is -2.18. The zero-order valence-electron chi connectivity index (χ0n) is 20.6. The number of allylic oxidation sites excluding steroid dienone is 2. The summed E-state index contributed by atoms with van der Waals surface area (Å²) in [7, 11) is 3.86. The Labute approximate surface area is 201 Å². The van der Waals surface area contributed by atoms with Gasteiger partial charge in [-0.25, -0.2) is 8.78 Å². The predicted octanol–water partition coefficient (Wildman–Crippen LogP) is 5.54. The fourth-order valence-corrected chi connectivity index (χ4v) is 3.64. The Bertz CT molecular complexity index is 1110. The number of rotatable bonds is 5. The molecule has 1 amide bonds. The fourth-order valence-electron chi connectivity index (χ4n) is 3.64. The Hall–Kier alpha value is -3.54. The van der Waals surface area contributed by atoms with Crippen LogP contribution in [0.2, 0.25) is 0 Å². The van der Waals surface area contributed by atoms with Crippen LogP contribution in [0.25, 0.3) is 5.57 Å². The average Bonchev–Trinajstić information content (AvgIpc) is 2.93. The highest BCUT2D eigenvalue weighted by Crippen LogP contribution is 2.34. The number of amides is 1. The first-order valence-electron chi connectivity index (χ1n) is 11.3. The maximum atomic E-state index is 15.5. The number of nitrogens with one attached hydrogen (secondary N) is 1. The minimum absolute atomic E-state index is 0.0394. The monoisotopic (exact) mass is 465 g/mol. The van der Waals surface area contributed by atoms with E-state index in [1.807, 2.05) is 57.3 Å². The van der Waals surface area contributed by atoms with E-state index in [0.717, 1.165) is 23.3 Å². The van der Waals surface area contributed by atoms with Gasteiger partial charge in [0.25, 0.3) is 0 Å². The minimum atomic E-state index is -0.332. The van der Waals surface area contributed by atoms with Crippen LogP contribution < -0.4 is 5.32 Å². The molecule has 0 spiro atoms. The molecule has 0 unspecified atom stereocenters. The first kappa shape index (κ1) is 26.7. The summed E-state index contributed by atoms with van der Waals surface area (Å²) >= 11 is 0. The highest BCUT2D eigenvalue weighted by Gasteiger charge is 2.25. The number of benzene rings is 2. The second kappa shape index (κ2) is 12.6. The van der Waals surface area contributed by atoms with Gasteiger partial charge < -0.3 is 10.2 Å². The molecule has 0 aliphatic carbocycles. The van der Waals surface area contributed by atoms with Gasteiger partial charge in [0.2, 0.25) is 5.91 Å². The van der Waals surface area contributed by atoms with Crippen molar-refractivity contribution in [2.45, 2.75) is 27.2 Å². The largest absolute Gasteiger partial charge is 0.383 e. The van der Waals surface area contributed by atoms with E-state index in [1.54, 1.807) is 18.2 Å². The van der Waals surface area contributed by atoms with Crippen molar-refractivity contribution in [1.82, 2.24) is 10.2 Å². The molecule has 0 fully saturated rings. The van der Waals surface area contributed by atoms with Crippen molar-refractivity contribution < 1.29 is 13.6 Å². The first-order valence-corrected chi connectivity index (χ1v) is 11.3. The van der Waals surface area contributed by atoms with E-state index in [0.29, 0.717) is 35.4 Å². The van der Waals surface area contributed by atoms with Crippen LogP contribution in [0.1, 0.15) is 43.0 Å². The molecule has 0 saturated heterocycles. The summed E-state index contributed by atoms with van der Waals surface area (Å²) in [6, 6.07) is 9.83. The van der Waals surface area contributed by atoms with E-state index in [4.69, 9.17) is 4.99 Å². The second-order valence-corrected chi connectivity index (χ2v) is 8.01. The van der Waals surface area contributed by atoms with E-state index in [1.165, 1.54) is 19.1 Å². The molecule has 6 heteroatoms. The highest BCUT2D eigenvalue weighted by molar-refractivity contribution is 6.17. The maximum Gasteiger partial charge on any atom is 0.216 e. The topological polar surface area (TPSA) is 44.7 Å². The van der Waals surface area contributed by atoms with Crippen molar-refractivity contribution in [2.24, 2.45) is 4.99 Å². The third-order valence-corrected chi connectivity index (χ3v) is 5.13. The Balaban J connectivity index is 0.000000604. The number of fused-ring (bicyclic) bond motifs is 1. The van der Waals surface area contributed by atoms with Gasteiger partial charge in [-0.15, -0.1) is 0 Å². The third-order valence-electron chi connectivity index (χ3n) is 5.13. The molecule has 34 heavy (non-hydrogen) atoms. The van der Waals surface area contributed by atoms with Crippen LogP contribution in [-0.4, -0.2) is 43.7 Å². The van der Waals surface area contributed by atoms with Gasteiger partial charge in [0.15, 0.2) is 0 Å². The number of nitrogens with zero attached hydrogens (tertiary/aromatic N) is 2. The summed E-state index contributed by atoms with van der Waals surface area (Å²) in [5.74, 6) is -0.563. The molecule has 1 N–H and O–H groups in total. The van der Waals surface area contributed by atoms with Gasteiger partial charge in [0.1, 0.15) is 11.6 Å². The molecule has 0 bridgehead atoms. The fraction of sp³-hybridized carbons (Fsp3) is 0.286. The lowest BCUT2D eigenvalue weighted by Gasteiger charge is -2.17.